The molecule has 0 saturated carbocycles. The van der Waals surface area contributed by atoms with Crippen LogP contribution in [0.25, 0.3) is 0 Å². The van der Waals surface area contributed by atoms with E-state index in [4.69, 9.17) is 4.74 Å². The van der Waals surface area contributed by atoms with Crippen LogP contribution < -0.4 is 5.32 Å². The summed E-state index contributed by atoms with van der Waals surface area (Å²) in [5.41, 5.74) is 0. The number of carbonyl (C=O) groups is 2. The van der Waals surface area contributed by atoms with E-state index in [0.717, 1.165) is 83.5 Å². The average molecular weight is 957 g/mol. The third-order valence-electron chi connectivity index (χ3n) is 13.9. The Hall–Kier alpha value is -1.92. The lowest BCUT2D eigenvalue weighted by Crippen LogP contribution is -2.45. The van der Waals surface area contributed by atoms with Crippen molar-refractivity contribution >= 4 is 11.9 Å². The molecule has 2 atom stereocenters. The zero-order valence-corrected chi connectivity index (χ0v) is 45.6. The molecule has 0 radical (unpaired) electrons. The minimum atomic E-state index is -0.864. The Labute approximate surface area is 424 Å². The lowest BCUT2D eigenvalue weighted by Gasteiger charge is -2.20. The van der Waals surface area contributed by atoms with Crippen LogP contribution in [0.5, 0.6) is 0 Å². The molecule has 0 aliphatic heterocycles. The van der Waals surface area contributed by atoms with Crippen molar-refractivity contribution in [3.8, 4) is 0 Å². The summed E-state index contributed by atoms with van der Waals surface area (Å²) >= 11 is 0. The van der Waals surface area contributed by atoms with Crippen molar-refractivity contribution in [2.24, 2.45) is 0 Å². The van der Waals surface area contributed by atoms with Crippen molar-refractivity contribution in [3.63, 3.8) is 0 Å². The van der Waals surface area contributed by atoms with Crippen LogP contribution in [0.2, 0.25) is 0 Å². The number of rotatable bonds is 56. The van der Waals surface area contributed by atoms with E-state index in [9.17, 15) is 19.8 Å². The third kappa shape index (κ3) is 53.4. The maximum Gasteiger partial charge on any atom is 0.305 e. The fourth-order valence-electron chi connectivity index (χ4n) is 9.21. The normalized spacial score (nSPS) is 12.8. The summed E-state index contributed by atoms with van der Waals surface area (Å²) in [5.74, 6) is -0.130. The standard InChI is InChI=1S/C62H117NO5/c1-3-5-7-9-11-13-15-17-19-21-23-24-25-26-27-29-31-34-38-42-46-50-54-60(65)59(58-64)63-61(66)55-51-47-43-39-35-33-37-41-45-49-53-57-68-62(67)56-52-48-44-40-36-32-30-28-22-20-18-16-14-12-10-8-6-4-2/h20,22,37,41,50,54,59-60,64-65H,3-19,21,23-36,38-40,42-49,51-53,55-58H2,1-2H3,(H,63,66)/b22-20-,41-37-,54-50+. The number of nitrogens with one attached hydrogen (secondary N) is 1. The van der Waals surface area contributed by atoms with Gasteiger partial charge in [0.2, 0.25) is 5.91 Å². The predicted molar refractivity (Wildman–Crippen MR) is 296 cm³/mol. The van der Waals surface area contributed by atoms with Crippen LogP contribution >= 0.6 is 0 Å². The fraction of sp³-hybridized carbons (Fsp3) is 0.871. The number of amides is 1. The largest absolute Gasteiger partial charge is 0.466 e. The minimum absolute atomic E-state index is 0.0355. The maximum atomic E-state index is 12.5. The van der Waals surface area contributed by atoms with Gasteiger partial charge in [-0.25, -0.2) is 0 Å². The van der Waals surface area contributed by atoms with Gasteiger partial charge in [-0.3, -0.25) is 9.59 Å². The molecule has 6 heteroatoms. The maximum absolute atomic E-state index is 12.5. The number of carbonyl (C=O) groups excluding carboxylic acids is 2. The molecule has 2 unspecified atom stereocenters. The molecule has 0 aromatic rings. The van der Waals surface area contributed by atoms with Crippen LogP contribution in [0.15, 0.2) is 36.5 Å². The molecule has 400 valence electrons. The number of ether oxygens (including phenoxy) is 1. The van der Waals surface area contributed by atoms with Gasteiger partial charge in [0, 0.05) is 12.8 Å². The molecule has 0 aromatic carbocycles. The molecule has 0 bridgehead atoms. The number of hydrogen-bond acceptors (Lipinski definition) is 5. The fourth-order valence-corrected chi connectivity index (χ4v) is 9.21. The zero-order valence-electron chi connectivity index (χ0n) is 45.6. The van der Waals surface area contributed by atoms with Crippen LogP contribution in [0, 0.1) is 0 Å². The number of hydrogen-bond donors (Lipinski definition) is 3. The van der Waals surface area contributed by atoms with Gasteiger partial charge in [0.15, 0.2) is 0 Å². The molecule has 0 saturated heterocycles. The summed E-state index contributed by atoms with van der Waals surface area (Å²) in [6, 6.07) is -0.651. The van der Waals surface area contributed by atoms with Crippen molar-refractivity contribution < 1.29 is 24.5 Å². The van der Waals surface area contributed by atoms with Crippen molar-refractivity contribution in [3.05, 3.63) is 36.5 Å². The van der Waals surface area contributed by atoms with Crippen LogP contribution in [-0.2, 0) is 14.3 Å². The molecular formula is C62H117NO5. The molecule has 3 N–H and O–H groups in total. The minimum Gasteiger partial charge on any atom is -0.466 e. The van der Waals surface area contributed by atoms with E-state index in [1.54, 1.807) is 6.08 Å². The zero-order chi connectivity index (χ0) is 49.3. The number of aliphatic hydroxyl groups is 2. The number of unbranched alkanes of at least 4 members (excludes halogenated alkanes) is 41. The van der Waals surface area contributed by atoms with E-state index in [1.807, 2.05) is 6.08 Å². The number of aliphatic hydroxyl groups excluding tert-OH is 2. The molecule has 1 amide bonds. The molecule has 0 aromatic heterocycles. The summed E-state index contributed by atoms with van der Waals surface area (Å²) in [6.07, 6.45) is 71.8. The molecule has 0 rings (SSSR count). The highest BCUT2D eigenvalue weighted by atomic mass is 16.5. The Balaban J connectivity index is 3.53. The second kappa shape index (κ2) is 57.7. The molecular weight excluding hydrogens is 839 g/mol. The van der Waals surface area contributed by atoms with Gasteiger partial charge < -0.3 is 20.3 Å². The van der Waals surface area contributed by atoms with Crippen molar-refractivity contribution in [1.29, 1.82) is 0 Å². The van der Waals surface area contributed by atoms with Crippen LogP contribution in [0.1, 0.15) is 322 Å². The Bertz CT molecular complexity index is 1100. The topological polar surface area (TPSA) is 95.9 Å². The van der Waals surface area contributed by atoms with Crippen LogP contribution in [-0.4, -0.2) is 47.4 Å². The van der Waals surface area contributed by atoms with Crippen LogP contribution in [0.4, 0.5) is 0 Å². The summed E-state index contributed by atoms with van der Waals surface area (Å²) in [6.45, 7) is 4.84. The average Bonchev–Trinajstić information content (AvgIpc) is 3.34. The Kier molecular flexibility index (Phi) is 56.0. The first-order chi connectivity index (χ1) is 33.5. The van der Waals surface area contributed by atoms with Gasteiger partial charge in [-0.2, -0.15) is 0 Å². The Morgan fingerprint density at radius 3 is 1.04 bits per heavy atom. The van der Waals surface area contributed by atoms with Gasteiger partial charge in [-0.1, -0.05) is 262 Å². The van der Waals surface area contributed by atoms with Crippen LogP contribution in [0.3, 0.4) is 0 Å². The van der Waals surface area contributed by atoms with Crippen molar-refractivity contribution in [2.75, 3.05) is 13.2 Å². The van der Waals surface area contributed by atoms with Crippen molar-refractivity contribution in [2.45, 2.75) is 334 Å². The molecule has 68 heavy (non-hydrogen) atoms. The van der Waals surface area contributed by atoms with E-state index in [1.165, 1.54) is 212 Å². The van der Waals surface area contributed by atoms with E-state index >= 15 is 0 Å². The van der Waals surface area contributed by atoms with Gasteiger partial charge in [-0.15, -0.1) is 0 Å². The summed E-state index contributed by atoms with van der Waals surface area (Å²) in [4.78, 5) is 24.6. The molecule has 0 aliphatic carbocycles. The molecule has 6 nitrogen and oxygen atoms in total. The predicted octanol–water partition coefficient (Wildman–Crippen LogP) is 18.8. The summed E-state index contributed by atoms with van der Waals surface area (Å²) in [7, 11) is 0. The number of allylic oxidation sites excluding steroid dienone is 5. The van der Waals surface area contributed by atoms with E-state index < -0.39 is 12.1 Å². The first-order valence-electron chi connectivity index (χ1n) is 30.3. The van der Waals surface area contributed by atoms with Gasteiger partial charge in [0.1, 0.15) is 0 Å². The third-order valence-corrected chi connectivity index (χ3v) is 13.9. The Morgan fingerprint density at radius 2 is 0.691 bits per heavy atom. The SMILES string of the molecule is CCCCCCCCC/C=C\CCCCCCCCCC(=O)OCCCC/C=C\CCCCCCCC(=O)NC(CO)C(O)/C=C/CCCCCCCCCCCCCCCCCCCCCC. The van der Waals surface area contributed by atoms with Gasteiger partial charge in [0.05, 0.1) is 25.4 Å². The highest BCUT2D eigenvalue weighted by Crippen LogP contribution is 2.17. The first kappa shape index (κ1) is 66.1. The second-order valence-corrected chi connectivity index (χ2v) is 20.7. The highest BCUT2D eigenvalue weighted by molar-refractivity contribution is 5.76. The lowest BCUT2D eigenvalue weighted by atomic mass is 10.0. The quantitative estimate of drug-likeness (QED) is 0.0321. The van der Waals surface area contributed by atoms with Crippen molar-refractivity contribution in [1.82, 2.24) is 5.32 Å². The second-order valence-electron chi connectivity index (χ2n) is 20.7. The molecule has 0 aliphatic rings. The lowest BCUT2D eigenvalue weighted by molar-refractivity contribution is -0.143. The van der Waals surface area contributed by atoms with E-state index in [-0.39, 0.29) is 18.5 Å². The monoisotopic (exact) mass is 956 g/mol. The van der Waals surface area contributed by atoms with Gasteiger partial charge in [-0.05, 0) is 83.5 Å². The number of esters is 1. The molecule has 0 fully saturated rings. The highest BCUT2D eigenvalue weighted by Gasteiger charge is 2.18. The first-order valence-corrected chi connectivity index (χ1v) is 30.3. The molecule has 0 spiro atoms. The van der Waals surface area contributed by atoms with Gasteiger partial charge in [0.25, 0.3) is 0 Å². The summed E-state index contributed by atoms with van der Waals surface area (Å²) < 4.78 is 5.45. The van der Waals surface area contributed by atoms with Gasteiger partial charge >= 0.3 is 5.97 Å². The Morgan fingerprint density at radius 1 is 0.397 bits per heavy atom. The summed E-state index contributed by atoms with van der Waals surface area (Å²) in [5, 5.41) is 23.2. The molecule has 0 heterocycles. The van der Waals surface area contributed by atoms with E-state index in [0.29, 0.717) is 19.4 Å². The smallest absolute Gasteiger partial charge is 0.305 e. The van der Waals surface area contributed by atoms with E-state index in [2.05, 4.69) is 43.5 Å².